The minimum Gasteiger partial charge on any atom is -0.386 e. The zero-order valence-electron chi connectivity index (χ0n) is 16.6. The number of nitrogens with two attached hydrogens (primary N) is 1. The van der Waals surface area contributed by atoms with Crippen LogP contribution in [0.15, 0.2) is 12.7 Å². The van der Waals surface area contributed by atoms with Crippen LogP contribution in [0.2, 0.25) is 0 Å². The van der Waals surface area contributed by atoms with Crippen LogP contribution in [0, 0.1) is 0 Å². The lowest BCUT2D eigenvalue weighted by molar-refractivity contribution is -0.0501. The van der Waals surface area contributed by atoms with Crippen LogP contribution in [0.4, 0.5) is 5.82 Å². The van der Waals surface area contributed by atoms with Gasteiger partial charge in [0.15, 0.2) is 17.7 Å². The zero-order valence-corrected chi connectivity index (χ0v) is 20.2. The van der Waals surface area contributed by atoms with E-state index < -0.39 is 62.4 Å². The van der Waals surface area contributed by atoms with Gasteiger partial charge in [-0.2, -0.15) is 8.62 Å². The molecule has 0 spiro atoms. The van der Waals surface area contributed by atoms with Crippen molar-refractivity contribution in [3.05, 3.63) is 12.7 Å². The summed E-state index contributed by atoms with van der Waals surface area (Å²) in [6, 6.07) is 0. The van der Waals surface area contributed by atoms with Crippen LogP contribution in [0.1, 0.15) is 6.23 Å². The van der Waals surface area contributed by atoms with E-state index in [1.165, 1.54) is 0 Å². The minimum atomic E-state index is -5.83. The Hall–Kier alpha value is -1.21. The Labute approximate surface area is 193 Å². The molecule has 1 saturated heterocycles. The molecule has 35 heavy (non-hydrogen) atoms. The molecule has 1 aliphatic rings. The normalized spacial score (nSPS) is 27.1. The Kier molecular flexibility index (Phi) is 8.04. The molecule has 9 N–H and O–H groups in total. The van der Waals surface area contributed by atoms with Crippen molar-refractivity contribution in [2.24, 2.45) is 0 Å². The molecule has 2 aromatic heterocycles. The van der Waals surface area contributed by atoms with Gasteiger partial charge >= 0.3 is 31.3 Å². The summed E-state index contributed by atoms with van der Waals surface area (Å²) < 4.78 is 68.0. The molecule has 25 heteroatoms. The smallest absolute Gasteiger partial charge is 0.386 e. The third-order valence-corrected chi connectivity index (χ3v) is 8.37. The second-order valence-corrected chi connectivity index (χ2v) is 12.2. The van der Waals surface area contributed by atoms with Gasteiger partial charge in [0.2, 0.25) is 0 Å². The van der Waals surface area contributed by atoms with E-state index in [1.807, 2.05) is 0 Å². The molecule has 1 aliphatic heterocycles. The lowest BCUT2D eigenvalue weighted by Crippen LogP contribution is -2.35. The molecule has 0 amide bonds. The highest BCUT2D eigenvalue weighted by Crippen LogP contribution is 2.66. The number of anilines is 1. The van der Waals surface area contributed by atoms with Gasteiger partial charge in [0, 0.05) is 0 Å². The molecule has 3 heterocycles. The molecule has 21 nitrogen and oxygen atoms in total. The SMILES string of the molecule is Nc1ncnc2c1ncn2[C@@H]1O[C@H](COP(=O)(O)OP(=O)(O)OP(=O)(O)O)C(OP(=O)(O)O)C1O. The number of phosphoric ester groups is 2. The first-order valence-corrected chi connectivity index (χ1v) is 14.7. The topological polar surface area (TPSA) is 326 Å². The highest BCUT2D eigenvalue weighted by molar-refractivity contribution is 7.66. The van der Waals surface area contributed by atoms with E-state index in [9.17, 15) is 33.2 Å². The van der Waals surface area contributed by atoms with E-state index in [2.05, 4.69) is 32.6 Å². The first-order valence-electron chi connectivity index (χ1n) is 8.66. The number of hydrogen-bond donors (Lipinski definition) is 8. The number of aromatic nitrogens is 4. The molecule has 0 bridgehead atoms. The van der Waals surface area contributed by atoms with Gasteiger partial charge in [-0.15, -0.1) is 0 Å². The van der Waals surface area contributed by atoms with E-state index in [0.29, 0.717) is 0 Å². The van der Waals surface area contributed by atoms with E-state index in [0.717, 1.165) is 17.2 Å². The van der Waals surface area contributed by atoms with Gasteiger partial charge in [-0.25, -0.2) is 33.2 Å². The molecule has 2 aromatic rings. The highest BCUT2D eigenvalue weighted by atomic mass is 31.3. The molecule has 3 rings (SSSR count). The zero-order chi connectivity index (χ0) is 26.4. The van der Waals surface area contributed by atoms with Crippen molar-refractivity contribution in [2.75, 3.05) is 12.3 Å². The molecule has 1 fully saturated rings. The number of phosphoric acid groups is 4. The molecule has 198 valence electrons. The second-order valence-electron chi connectivity index (χ2n) is 6.59. The number of imidazole rings is 1. The van der Waals surface area contributed by atoms with Crippen LogP contribution in [0.3, 0.4) is 0 Å². The number of aliphatic hydroxyl groups excluding tert-OH is 1. The Bertz CT molecular complexity index is 1270. The van der Waals surface area contributed by atoms with E-state index in [-0.39, 0.29) is 17.0 Å². The molecule has 6 atom stereocenters. The number of ether oxygens (including phenoxy) is 1. The maximum atomic E-state index is 12.0. The maximum absolute atomic E-state index is 12.0. The summed E-state index contributed by atoms with van der Waals surface area (Å²) >= 11 is 0. The average molecular weight is 587 g/mol. The van der Waals surface area contributed by atoms with Crippen molar-refractivity contribution in [1.82, 2.24) is 19.5 Å². The molecule has 0 saturated carbocycles. The van der Waals surface area contributed by atoms with Crippen molar-refractivity contribution >= 4 is 48.3 Å². The van der Waals surface area contributed by atoms with Crippen molar-refractivity contribution in [3.8, 4) is 0 Å². The lowest BCUT2D eigenvalue weighted by atomic mass is 10.1. The summed E-state index contributed by atoms with van der Waals surface area (Å²) in [4.78, 5) is 65.8. The summed E-state index contributed by atoms with van der Waals surface area (Å²) in [5.41, 5.74) is 5.77. The highest BCUT2D eigenvalue weighted by Gasteiger charge is 2.50. The fourth-order valence-electron chi connectivity index (χ4n) is 2.90. The van der Waals surface area contributed by atoms with Crippen molar-refractivity contribution in [2.45, 2.75) is 24.5 Å². The fraction of sp³-hybridized carbons (Fsp3) is 0.500. The third kappa shape index (κ3) is 7.41. The Morgan fingerprint density at radius 1 is 0.971 bits per heavy atom. The number of hydrogen-bond acceptors (Lipinski definition) is 14. The van der Waals surface area contributed by atoms with Crippen molar-refractivity contribution in [1.29, 1.82) is 0 Å². The first kappa shape index (κ1) is 28.4. The van der Waals surface area contributed by atoms with Gasteiger partial charge in [-0.05, 0) is 0 Å². The van der Waals surface area contributed by atoms with E-state index in [4.69, 9.17) is 30.0 Å². The minimum absolute atomic E-state index is 0.0185. The van der Waals surface area contributed by atoms with Crippen molar-refractivity contribution < 1.29 is 75.1 Å². The average Bonchev–Trinajstić information content (AvgIpc) is 3.19. The second kappa shape index (κ2) is 9.92. The monoisotopic (exact) mass is 587 g/mol. The summed E-state index contributed by atoms with van der Waals surface area (Å²) in [7, 11) is -22.4. The third-order valence-electron chi connectivity index (χ3n) is 4.05. The maximum Gasteiger partial charge on any atom is 0.490 e. The number of aliphatic hydroxyl groups is 1. The molecule has 0 aliphatic carbocycles. The van der Waals surface area contributed by atoms with Crippen LogP contribution >= 0.6 is 31.3 Å². The molecule has 0 radical (unpaired) electrons. The fourth-order valence-corrected chi connectivity index (χ4v) is 6.51. The van der Waals surface area contributed by atoms with Gasteiger partial charge in [-0.1, -0.05) is 0 Å². The van der Waals surface area contributed by atoms with Crippen LogP contribution in [-0.4, -0.2) is 78.9 Å². The first-order chi connectivity index (χ1) is 15.9. The van der Waals surface area contributed by atoms with Crippen LogP contribution < -0.4 is 5.73 Å². The molecule has 4 unspecified atom stereocenters. The Balaban J connectivity index is 1.82. The standard InChI is InChI=1S/C10H17N5O16P4/c11-8-5-9(13-2-12-8)15(3-14-5)10-6(16)7(29-32(17,18)19)4(28-10)1-27-34(23,24)31-35(25,26)30-33(20,21)22/h2-4,6-7,10,16H,1H2,(H,23,24)(H,25,26)(H2,11,12,13)(H2,17,18,19)(H2,20,21,22)/t4-,6?,7?,10-/m1/s1. The number of fused-ring (bicyclic) bond motifs is 1. The number of rotatable bonds is 10. The summed E-state index contributed by atoms with van der Waals surface area (Å²) in [6.45, 7) is -1.17. The molecular formula is C10H17N5O16P4. The van der Waals surface area contributed by atoms with Gasteiger partial charge in [0.1, 0.15) is 30.2 Å². The van der Waals surface area contributed by atoms with E-state index in [1.54, 1.807) is 0 Å². The van der Waals surface area contributed by atoms with Crippen LogP contribution in [0.5, 0.6) is 0 Å². The molecule has 0 aromatic carbocycles. The quantitative estimate of drug-likeness (QED) is 0.146. The Morgan fingerprint density at radius 3 is 2.23 bits per heavy atom. The van der Waals surface area contributed by atoms with Crippen LogP contribution in [-0.2, 0) is 40.7 Å². The number of nitrogen functional groups attached to an aromatic ring is 1. The Morgan fingerprint density at radius 2 is 1.63 bits per heavy atom. The van der Waals surface area contributed by atoms with Gasteiger partial charge < -0.3 is 44.9 Å². The van der Waals surface area contributed by atoms with Gasteiger partial charge in [0.05, 0.1) is 12.9 Å². The van der Waals surface area contributed by atoms with Crippen LogP contribution in [0.25, 0.3) is 11.2 Å². The predicted octanol–water partition coefficient (Wildman–Crippen LogP) is -1.51. The number of nitrogens with zero attached hydrogens (tertiary/aromatic N) is 4. The molecular weight excluding hydrogens is 570 g/mol. The van der Waals surface area contributed by atoms with Crippen molar-refractivity contribution in [3.63, 3.8) is 0 Å². The largest absolute Gasteiger partial charge is 0.490 e. The summed E-state index contributed by atoms with van der Waals surface area (Å²) in [5.74, 6) is -0.0477. The van der Waals surface area contributed by atoms with Gasteiger partial charge in [0.25, 0.3) is 0 Å². The van der Waals surface area contributed by atoms with E-state index >= 15 is 0 Å². The summed E-state index contributed by atoms with van der Waals surface area (Å²) in [6.07, 6.45) is -4.95. The van der Waals surface area contributed by atoms with Gasteiger partial charge in [-0.3, -0.25) is 13.6 Å². The summed E-state index contributed by atoms with van der Waals surface area (Å²) in [5, 5.41) is 10.6. The predicted molar refractivity (Wildman–Crippen MR) is 106 cm³/mol. The lowest BCUT2D eigenvalue weighted by Gasteiger charge is -2.22.